The van der Waals surface area contributed by atoms with Crippen LogP contribution in [0.3, 0.4) is 0 Å². The molecule has 108 valence electrons. The third-order valence-electron chi connectivity index (χ3n) is 4.64. The number of nitrogens with zero attached hydrogens (tertiary/aromatic N) is 1. The molecule has 2 aliphatic heterocycles. The lowest BCUT2D eigenvalue weighted by Gasteiger charge is -2.17. The zero-order valence-electron chi connectivity index (χ0n) is 12.1. The fourth-order valence-corrected chi connectivity index (χ4v) is 3.69. The highest BCUT2D eigenvalue weighted by Gasteiger charge is 2.39. The summed E-state index contributed by atoms with van der Waals surface area (Å²) in [5.41, 5.74) is 5.11. The van der Waals surface area contributed by atoms with Gasteiger partial charge in [-0.25, -0.2) is 4.39 Å². The third kappa shape index (κ3) is 2.32. The smallest absolute Gasteiger partial charge is 0.123 e. The molecule has 0 saturated carbocycles. The second-order valence-electron chi connectivity index (χ2n) is 6.27. The maximum atomic E-state index is 13.3. The van der Waals surface area contributed by atoms with Crippen LogP contribution in [-0.4, -0.2) is 24.0 Å². The largest absolute Gasteiger partial charge is 0.380 e. The van der Waals surface area contributed by atoms with Gasteiger partial charge in [-0.3, -0.25) is 4.90 Å². The Morgan fingerprint density at radius 3 is 2.95 bits per heavy atom. The summed E-state index contributed by atoms with van der Waals surface area (Å²) in [6.07, 6.45) is 0. The molecule has 0 aliphatic carbocycles. The molecule has 1 N–H and O–H groups in total. The molecule has 0 bridgehead atoms. The lowest BCUT2D eigenvalue weighted by molar-refractivity contribution is 0.323. The van der Waals surface area contributed by atoms with Crippen molar-refractivity contribution in [2.75, 3.05) is 18.4 Å². The van der Waals surface area contributed by atoms with E-state index < -0.39 is 0 Å². The van der Waals surface area contributed by atoms with Crippen molar-refractivity contribution in [3.8, 4) is 0 Å². The molecule has 3 heteroatoms. The summed E-state index contributed by atoms with van der Waals surface area (Å²) in [5, 5.41) is 3.64. The lowest BCUT2D eigenvalue weighted by Crippen LogP contribution is -2.25. The summed E-state index contributed by atoms with van der Waals surface area (Å²) in [4.78, 5) is 2.42. The van der Waals surface area contributed by atoms with Gasteiger partial charge in [-0.15, -0.1) is 0 Å². The summed E-state index contributed by atoms with van der Waals surface area (Å²) < 4.78 is 13.3. The number of likely N-dealkylation sites (tertiary alicyclic amines) is 1. The van der Waals surface area contributed by atoms with Gasteiger partial charge in [0.15, 0.2) is 0 Å². The van der Waals surface area contributed by atoms with Crippen molar-refractivity contribution in [3.63, 3.8) is 0 Å². The number of rotatable bonds is 2. The Balaban J connectivity index is 1.52. The van der Waals surface area contributed by atoms with Gasteiger partial charge < -0.3 is 5.32 Å². The quantitative estimate of drug-likeness (QED) is 0.906. The first-order valence-corrected chi connectivity index (χ1v) is 7.53. The van der Waals surface area contributed by atoms with Gasteiger partial charge in [0.1, 0.15) is 5.82 Å². The number of anilines is 1. The van der Waals surface area contributed by atoms with E-state index >= 15 is 0 Å². The van der Waals surface area contributed by atoms with E-state index in [-0.39, 0.29) is 5.82 Å². The monoisotopic (exact) mass is 282 g/mol. The molecule has 1 saturated heterocycles. The van der Waals surface area contributed by atoms with Crippen LogP contribution in [0.5, 0.6) is 0 Å². The van der Waals surface area contributed by atoms with Gasteiger partial charge in [0.2, 0.25) is 0 Å². The number of hydrogen-bond donors (Lipinski definition) is 1. The highest BCUT2D eigenvalue weighted by Crippen LogP contribution is 2.41. The van der Waals surface area contributed by atoms with Crippen LogP contribution in [0.25, 0.3) is 0 Å². The summed E-state index contributed by atoms with van der Waals surface area (Å²) in [6, 6.07) is 14.1. The Morgan fingerprint density at radius 1 is 1.19 bits per heavy atom. The van der Waals surface area contributed by atoms with Gasteiger partial charge in [-0.05, 0) is 36.2 Å². The van der Waals surface area contributed by atoms with Crippen LogP contribution in [-0.2, 0) is 6.54 Å². The fraction of sp³-hybridized carbons (Fsp3) is 0.333. The van der Waals surface area contributed by atoms with E-state index in [4.69, 9.17) is 0 Å². The minimum Gasteiger partial charge on any atom is -0.380 e. The van der Waals surface area contributed by atoms with E-state index in [0.29, 0.717) is 12.0 Å². The van der Waals surface area contributed by atoms with Gasteiger partial charge in [0.05, 0.1) is 0 Å². The van der Waals surface area contributed by atoms with Gasteiger partial charge in [-0.1, -0.05) is 29.8 Å². The Kier molecular flexibility index (Phi) is 2.96. The number of fused-ring (bicyclic) bond motifs is 3. The maximum Gasteiger partial charge on any atom is 0.123 e. The minimum absolute atomic E-state index is 0.147. The Bertz CT molecular complexity index is 683. The van der Waals surface area contributed by atoms with E-state index in [0.717, 1.165) is 25.2 Å². The fourth-order valence-electron chi connectivity index (χ4n) is 3.69. The van der Waals surface area contributed by atoms with Gasteiger partial charge >= 0.3 is 0 Å². The number of benzene rings is 2. The molecule has 2 atom stereocenters. The van der Waals surface area contributed by atoms with E-state index in [2.05, 4.69) is 35.3 Å². The normalized spacial score (nSPS) is 23.7. The van der Waals surface area contributed by atoms with Gasteiger partial charge in [0, 0.05) is 37.3 Å². The first-order valence-electron chi connectivity index (χ1n) is 7.53. The average molecular weight is 282 g/mol. The highest BCUT2D eigenvalue weighted by molar-refractivity contribution is 5.61. The van der Waals surface area contributed by atoms with Crippen molar-refractivity contribution in [1.82, 2.24) is 4.90 Å². The molecule has 0 aromatic heterocycles. The predicted octanol–water partition coefficient (Wildman–Crippen LogP) is 3.53. The molecule has 2 nitrogen and oxygen atoms in total. The van der Waals surface area contributed by atoms with Crippen molar-refractivity contribution < 1.29 is 4.39 Å². The van der Waals surface area contributed by atoms with Crippen LogP contribution in [0.2, 0.25) is 0 Å². The first-order chi connectivity index (χ1) is 10.2. The molecule has 4 rings (SSSR count). The van der Waals surface area contributed by atoms with E-state index in [9.17, 15) is 4.39 Å². The van der Waals surface area contributed by atoms with Gasteiger partial charge in [0.25, 0.3) is 0 Å². The topological polar surface area (TPSA) is 15.3 Å². The van der Waals surface area contributed by atoms with Crippen LogP contribution in [0.15, 0.2) is 42.5 Å². The molecule has 0 amide bonds. The Hall–Kier alpha value is -1.87. The summed E-state index contributed by atoms with van der Waals surface area (Å²) >= 11 is 0. The molecule has 0 unspecified atom stereocenters. The summed E-state index contributed by atoms with van der Waals surface area (Å²) in [7, 11) is 0. The molecule has 0 spiro atoms. The van der Waals surface area contributed by atoms with Crippen LogP contribution in [0.4, 0.5) is 10.1 Å². The number of halogens is 1. The zero-order chi connectivity index (χ0) is 14.4. The molecule has 1 fully saturated rings. The number of hydrogen-bond acceptors (Lipinski definition) is 2. The zero-order valence-corrected chi connectivity index (χ0v) is 12.1. The standard InChI is InChI=1S/C18H19FN2/c1-12-5-6-17-15(7-12)16-10-21(11-18(16)20-17)9-13-3-2-4-14(19)8-13/h2-8,16,18,20H,9-11H2,1H3/t16-,18-/m0/s1. The SMILES string of the molecule is Cc1ccc2c(c1)[C@@H]1CN(Cc3cccc(F)c3)C[C@@H]1N2. The molecule has 2 aromatic carbocycles. The molecule has 2 aromatic rings. The van der Waals surface area contributed by atoms with Crippen LogP contribution in [0.1, 0.15) is 22.6 Å². The number of aryl methyl sites for hydroxylation is 1. The highest BCUT2D eigenvalue weighted by atomic mass is 19.1. The van der Waals surface area contributed by atoms with Crippen molar-refractivity contribution in [2.45, 2.75) is 25.4 Å². The van der Waals surface area contributed by atoms with E-state index in [1.165, 1.54) is 22.9 Å². The van der Waals surface area contributed by atoms with Gasteiger partial charge in [-0.2, -0.15) is 0 Å². The third-order valence-corrected chi connectivity index (χ3v) is 4.64. The summed E-state index contributed by atoms with van der Waals surface area (Å²) in [6.45, 7) is 5.04. The van der Waals surface area contributed by atoms with Crippen molar-refractivity contribution in [3.05, 3.63) is 65.0 Å². The van der Waals surface area contributed by atoms with Crippen molar-refractivity contribution in [1.29, 1.82) is 0 Å². The first kappa shape index (κ1) is 12.8. The molecule has 2 heterocycles. The maximum absolute atomic E-state index is 13.3. The second kappa shape index (κ2) is 4.85. The molecular formula is C18H19FN2. The van der Waals surface area contributed by atoms with Crippen molar-refractivity contribution >= 4 is 5.69 Å². The molecular weight excluding hydrogens is 263 g/mol. The molecule has 2 aliphatic rings. The number of nitrogens with one attached hydrogen (secondary N) is 1. The molecule has 21 heavy (non-hydrogen) atoms. The predicted molar refractivity (Wildman–Crippen MR) is 83.0 cm³/mol. The molecule has 0 radical (unpaired) electrons. The second-order valence-corrected chi connectivity index (χ2v) is 6.27. The Morgan fingerprint density at radius 2 is 2.10 bits per heavy atom. The summed E-state index contributed by atoms with van der Waals surface area (Å²) in [5.74, 6) is 0.416. The van der Waals surface area contributed by atoms with Crippen LogP contribution in [0, 0.1) is 12.7 Å². The van der Waals surface area contributed by atoms with E-state index in [1.54, 1.807) is 12.1 Å². The minimum atomic E-state index is -0.147. The van der Waals surface area contributed by atoms with E-state index in [1.807, 2.05) is 6.07 Å². The average Bonchev–Trinajstić information content (AvgIpc) is 2.96. The van der Waals surface area contributed by atoms with Crippen LogP contribution < -0.4 is 5.32 Å². The van der Waals surface area contributed by atoms with Crippen LogP contribution >= 0.6 is 0 Å². The van der Waals surface area contributed by atoms with Crippen molar-refractivity contribution in [2.24, 2.45) is 0 Å². The lowest BCUT2D eigenvalue weighted by atomic mass is 9.97. The Labute approximate surface area is 124 Å².